The smallest absolute Gasteiger partial charge is 0.333 e. The number of carbonyl (C=O) groups excluding carboxylic acids is 2. The maximum absolute atomic E-state index is 11.6. The fourth-order valence-electron chi connectivity index (χ4n) is 1.81. The summed E-state index contributed by atoms with van der Waals surface area (Å²) in [5, 5.41) is 0. The van der Waals surface area contributed by atoms with Crippen LogP contribution in [0.5, 0.6) is 0 Å². The van der Waals surface area contributed by atoms with Gasteiger partial charge in [-0.15, -0.1) is 0 Å². The summed E-state index contributed by atoms with van der Waals surface area (Å²) in [7, 11) is 0. The molecule has 0 bridgehead atoms. The van der Waals surface area contributed by atoms with E-state index < -0.39 is 0 Å². The second kappa shape index (κ2) is 6.34. The Morgan fingerprint density at radius 3 is 2.61 bits per heavy atom. The molecule has 0 saturated carbocycles. The minimum absolute atomic E-state index is 0.0611. The molecule has 1 unspecified atom stereocenters. The van der Waals surface area contributed by atoms with Crippen molar-refractivity contribution in [3.05, 3.63) is 35.5 Å². The number of cyclic esters (lactones) is 1. The van der Waals surface area contributed by atoms with E-state index in [-0.39, 0.29) is 17.7 Å². The number of ether oxygens (including phenoxy) is 1. The van der Waals surface area contributed by atoms with Crippen molar-refractivity contribution in [2.24, 2.45) is 5.92 Å². The van der Waals surface area contributed by atoms with E-state index in [0.29, 0.717) is 25.0 Å². The van der Waals surface area contributed by atoms with Crippen molar-refractivity contribution in [3.63, 3.8) is 0 Å². The third kappa shape index (κ3) is 4.32. The molecule has 0 aromatic heterocycles. The molecule has 0 N–H and O–H groups in total. The van der Waals surface area contributed by atoms with Gasteiger partial charge in [-0.1, -0.05) is 23.8 Å². The van der Waals surface area contributed by atoms with Crippen molar-refractivity contribution in [1.29, 1.82) is 0 Å². The Kier molecular flexibility index (Phi) is 5.08. The molecule has 1 atom stereocenters. The molecule has 0 radical (unpaired) electrons. The van der Waals surface area contributed by atoms with Crippen molar-refractivity contribution in [2.75, 3.05) is 6.61 Å². The van der Waals surface area contributed by atoms with Crippen molar-refractivity contribution >= 4 is 11.8 Å². The molecule has 1 saturated heterocycles. The summed E-state index contributed by atoms with van der Waals surface area (Å²) < 4.78 is 4.90. The third-order valence-electron chi connectivity index (χ3n) is 2.82. The minimum Gasteiger partial charge on any atom is -0.462 e. The van der Waals surface area contributed by atoms with Crippen molar-refractivity contribution in [1.82, 2.24) is 0 Å². The average Bonchev–Trinajstić information content (AvgIpc) is 2.56. The Labute approximate surface area is 108 Å². The quantitative estimate of drug-likeness (QED) is 0.331. The molecule has 98 valence electrons. The van der Waals surface area contributed by atoms with E-state index in [0.717, 1.165) is 11.1 Å². The maximum atomic E-state index is 11.6. The molecule has 1 fully saturated rings. The first-order chi connectivity index (χ1) is 8.40. The molecule has 18 heavy (non-hydrogen) atoms. The van der Waals surface area contributed by atoms with E-state index in [1.807, 2.05) is 26.8 Å². The molecular formula is C15H20O3. The first-order valence-corrected chi connectivity index (χ1v) is 6.09. The van der Waals surface area contributed by atoms with Crippen LogP contribution >= 0.6 is 0 Å². The van der Waals surface area contributed by atoms with E-state index in [1.165, 1.54) is 0 Å². The van der Waals surface area contributed by atoms with Crippen LogP contribution in [0.4, 0.5) is 0 Å². The largest absolute Gasteiger partial charge is 0.462 e. The lowest BCUT2D eigenvalue weighted by atomic mass is 11.0. The third-order valence-corrected chi connectivity index (χ3v) is 2.82. The summed E-state index contributed by atoms with van der Waals surface area (Å²) in [5.41, 5.74) is 2.57. The summed E-state index contributed by atoms with van der Waals surface area (Å²) in [6.07, 6.45) is 4.78. The zero-order chi connectivity index (χ0) is 13.7. The second-order valence-electron chi connectivity index (χ2n) is 4.97. The number of ketones is 1. The minimum atomic E-state index is -0.299. The van der Waals surface area contributed by atoms with Gasteiger partial charge in [0.15, 0.2) is 5.78 Å². The van der Waals surface area contributed by atoms with Gasteiger partial charge in [0.1, 0.15) is 0 Å². The molecule has 1 rings (SSSR count). The van der Waals surface area contributed by atoms with Crippen LogP contribution < -0.4 is 0 Å². The molecular weight excluding hydrogens is 243 g/mol. The van der Waals surface area contributed by atoms with Crippen molar-refractivity contribution in [2.45, 2.75) is 33.6 Å². The van der Waals surface area contributed by atoms with Gasteiger partial charge in [0.2, 0.25) is 0 Å². The fourth-order valence-corrected chi connectivity index (χ4v) is 1.81. The summed E-state index contributed by atoms with van der Waals surface area (Å²) in [6, 6.07) is 0. The Hall–Kier alpha value is -1.64. The van der Waals surface area contributed by atoms with Crippen LogP contribution in [-0.2, 0) is 14.3 Å². The summed E-state index contributed by atoms with van der Waals surface area (Å²) in [5.74, 6) is -0.126. The van der Waals surface area contributed by atoms with Crippen molar-refractivity contribution < 1.29 is 14.3 Å². The van der Waals surface area contributed by atoms with Gasteiger partial charge < -0.3 is 4.74 Å². The predicted molar refractivity (Wildman–Crippen MR) is 71.0 cm³/mol. The van der Waals surface area contributed by atoms with E-state index in [1.54, 1.807) is 6.08 Å². The highest BCUT2D eigenvalue weighted by Crippen LogP contribution is 2.23. The van der Waals surface area contributed by atoms with Gasteiger partial charge in [-0.2, -0.15) is 0 Å². The lowest BCUT2D eigenvalue weighted by molar-refractivity contribution is -0.135. The first-order valence-electron chi connectivity index (χ1n) is 6.09. The SMILES string of the molecule is [13CH2]=[13C]1[13C](=O)O[13CH2][13CH]1[13CH2]/[13CH]=[13C](\[13CH3])[13CH2][13C](=O)[13CH]=[13C]([13CH3])[13CH3]. The zero-order valence-corrected chi connectivity index (χ0v) is 11.3. The monoisotopic (exact) mass is 263 g/mol. The zero-order valence-electron chi connectivity index (χ0n) is 11.3. The lowest BCUT2D eigenvalue weighted by Gasteiger charge is -2.04. The number of hydrogen-bond acceptors (Lipinski definition) is 3. The van der Waals surface area contributed by atoms with Crippen LogP contribution in [-0.4, -0.2) is 18.4 Å². The van der Waals surface area contributed by atoms with Gasteiger partial charge in [-0.3, -0.25) is 4.79 Å². The highest BCUT2D eigenvalue weighted by molar-refractivity contribution is 5.92. The Morgan fingerprint density at radius 1 is 1.44 bits per heavy atom. The predicted octanol–water partition coefficient (Wildman–Crippen LogP) is 2.98. The summed E-state index contributed by atoms with van der Waals surface area (Å²) in [4.78, 5) is 22.7. The fraction of sp³-hybridized carbons (Fsp3) is 0.467. The van der Waals surface area contributed by atoms with Gasteiger partial charge in [0, 0.05) is 17.9 Å². The normalized spacial score (nSPS) is 19.7. The standard InChI is InChI=1S/C15H20O3/c1-10(2)7-14(16)8-11(3)5-6-13-9-18-15(17)12(13)4/h5,7,13H,4,6,8-9H2,1-3H3/b11-5+/i1+1,2+1,3+1,4+1,5+1,6+1,7+1,8+1,9+1,10+1,11+1,12+1,13+1,14+1,15+1. The molecule has 1 heterocycles. The van der Waals surface area contributed by atoms with Crippen molar-refractivity contribution in [3.8, 4) is 0 Å². The van der Waals surface area contributed by atoms with E-state index in [9.17, 15) is 9.59 Å². The van der Waals surface area contributed by atoms with Crippen LogP contribution in [0.1, 0.15) is 33.6 Å². The number of hydrogen-bond donors (Lipinski definition) is 0. The molecule has 3 heteroatoms. The Balaban J connectivity index is 2.48. The average molecular weight is 263 g/mol. The molecule has 1 aliphatic rings. The molecule has 0 amide bonds. The molecule has 0 aromatic carbocycles. The van der Waals surface area contributed by atoms with Gasteiger partial charge >= 0.3 is 5.97 Å². The van der Waals surface area contributed by atoms with Gasteiger partial charge in [0.25, 0.3) is 0 Å². The number of rotatable bonds is 5. The van der Waals surface area contributed by atoms with E-state index in [2.05, 4.69) is 6.58 Å². The lowest BCUT2D eigenvalue weighted by Crippen LogP contribution is -2.01. The maximum Gasteiger partial charge on any atom is 0.333 e. The van der Waals surface area contributed by atoms with Crippen LogP contribution in [0.15, 0.2) is 35.5 Å². The summed E-state index contributed by atoms with van der Waals surface area (Å²) >= 11 is 0. The molecule has 0 spiro atoms. The van der Waals surface area contributed by atoms with Crippen LogP contribution in [0.3, 0.4) is 0 Å². The number of carbonyl (C=O) groups is 2. The Bertz CT molecular complexity index is 423. The van der Waals surface area contributed by atoms with Crippen LogP contribution in [0.2, 0.25) is 0 Å². The highest BCUT2D eigenvalue weighted by Gasteiger charge is 2.27. The van der Waals surface area contributed by atoms with Gasteiger partial charge in [-0.25, -0.2) is 4.79 Å². The van der Waals surface area contributed by atoms with Crippen LogP contribution in [0, 0.1) is 5.92 Å². The van der Waals surface area contributed by atoms with Gasteiger partial charge in [-0.05, 0) is 33.3 Å². The summed E-state index contributed by atoms with van der Waals surface area (Å²) in [6.45, 7) is 9.86. The second-order valence-corrected chi connectivity index (χ2v) is 4.97. The molecule has 0 aliphatic carbocycles. The molecule has 1 aliphatic heterocycles. The number of allylic oxidation sites excluding steroid dienone is 4. The first kappa shape index (κ1) is 14.4. The molecule has 3 nitrogen and oxygen atoms in total. The molecule has 0 aromatic rings. The van der Waals surface area contributed by atoms with Crippen LogP contribution in [0.25, 0.3) is 0 Å². The topological polar surface area (TPSA) is 43.4 Å². The van der Waals surface area contributed by atoms with Gasteiger partial charge in [0.05, 0.1) is 6.61 Å². The van der Waals surface area contributed by atoms with E-state index >= 15 is 0 Å². The van der Waals surface area contributed by atoms with E-state index in [4.69, 9.17) is 4.74 Å². The highest BCUT2D eigenvalue weighted by atomic mass is 16.7. The number of esters is 1. The Morgan fingerprint density at radius 2 is 2.11 bits per heavy atom.